The molecule has 1 aromatic rings. The third-order valence-electron chi connectivity index (χ3n) is 5.27. The number of nitro groups is 1. The number of anilines is 1. The molecular formula is C18H27N5O4S. The highest BCUT2D eigenvalue weighted by atomic mass is 32.2. The van der Waals surface area contributed by atoms with Gasteiger partial charge in [0.1, 0.15) is 4.90 Å². The fourth-order valence-electron chi connectivity index (χ4n) is 3.49. The molecule has 1 heterocycles. The average molecular weight is 410 g/mol. The first-order valence-corrected chi connectivity index (χ1v) is 11.1. The van der Waals surface area contributed by atoms with Crippen molar-refractivity contribution in [1.29, 1.82) is 0 Å². The number of non-ortho nitro benzene ring substituents is 1. The van der Waals surface area contributed by atoms with Gasteiger partial charge in [0, 0.05) is 44.0 Å². The Hall–Kier alpha value is -2.04. The zero-order valence-electron chi connectivity index (χ0n) is 16.1. The fourth-order valence-corrected chi connectivity index (χ4v) is 5.07. The van der Waals surface area contributed by atoms with Gasteiger partial charge in [-0.15, -0.1) is 0 Å². The SMILES string of the molecule is CN1CCN(S(=O)(=O)c2cc([N+](=O)[O-])ccc2NN=C2CCCCCC2)CC1. The van der Waals surface area contributed by atoms with Crippen molar-refractivity contribution in [2.24, 2.45) is 5.10 Å². The first-order valence-electron chi connectivity index (χ1n) is 9.66. The van der Waals surface area contributed by atoms with Gasteiger partial charge < -0.3 is 4.90 Å². The number of piperazine rings is 1. The van der Waals surface area contributed by atoms with Crippen molar-refractivity contribution in [3.8, 4) is 0 Å². The van der Waals surface area contributed by atoms with E-state index in [-0.39, 0.29) is 16.3 Å². The Labute approximate surface area is 165 Å². The van der Waals surface area contributed by atoms with Gasteiger partial charge in [-0.2, -0.15) is 9.41 Å². The van der Waals surface area contributed by atoms with Crippen molar-refractivity contribution < 1.29 is 13.3 Å². The minimum Gasteiger partial charge on any atom is -0.304 e. The number of nitrogens with one attached hydrogen (secondary N) is 1. The lowest BCUT2D eigenvalue weighted by Gasteiger charge is -2.31. The predicted molar refractivity (Wildman–Crippen MR) is 108 cm³/mol. The van der Waals surface area contributed by atoms with Gasteiger partial charge in [-0.25, -0.2) is 8.42 Å². The second kappa shape index (κ2) is 8.97. The summed E-state index contributed by atoms with van der Waals surface area (Å²) in [5, 5.41) is 15.6. The first-order chi connectivity index (χ1) is 13.4. The van der Waals surface area contributed by atoms with Crippen LogP contribution < -0.4 is 5.43 Å². The number of rotatable bonds is 5. The van der Waals surface area contributed by atoms with Crippen LogP contribution in [0.2, 0.25) is 0 Å². The molecule has 0 atom stereocenters. The van der Waals surface area contributed by atoms with E-state index in [4.69, 9.17) is 0 Å². The molecule has 1 aliphatic heterocycles. The van der Waals surface area contributed by atoms with E-state index in [0.717, 1.165) is 37.5 Å². The summed E-state index contributed by atoms with van der Waals surface area (Å²) in [5.74, 6) is 0. The molecule has 28 heavy (non-hydrogen) atoms. The monoisotopic (exact) mass is 409 g/mol. The van der Waals surface area contributed by atoms with Crippen LogP contribution in [0.1, 0.15) is 38.5 Å². The highest BCUT2D eigenvalue weighted by Crippen LogP contribution is 2.30. The molecule has 0 aromatic heterocycles. The molecule has 0 amide bonds. The van der Waals surface area contributed by atoms with E-state index < -0.39 is 14.9 Å². The summed E-state index contributed by atoms with van der Waals surface area (Å²) >= 11 is 0. The van der Waals surface area contributed by atoms with Crippen LogP contribution in [-0.2, 0) is 10.0 Å². The van der Waals surface area contributed by atoms with Crippen molar-refractivity contribution in [2.45, 2.75) is 43.4 Å². The van der Waals surface area contributed by atoms with Crippen LogP contribution in [0.15, 0.2) is 28.2 Å². The molecule has 0 bridgehead atoms. The minimum absolute atomic E-state index is 0.0933. The van der Waals surface area contributed by atoms with Gasteiger partial charge >= 0.3 is 0 Å². The molecule has 0 unspecified atom stereocenters. The number of likely N-dealkylation sites (N-methyl/N-ethyl adjacent to an activating group) is 1. The van der Waals surface area contributed by atoms with Gasteiger partial charge in [-0.3, -0.25) is 15.5 Å². The largest absolute Gasteiger partial charge is 0.304 e. The number of hydrogen-bond donors (Lipinski definition) is 1. The van der Waals surface area contributed by atoms with Gasteiger partial charge in [0.05, 0.1) is 10.6 Å². The Morgan fingerprint density at radius 2 is 1.71 bits per heavy atom. The van der Waals surface area contributed by atoms with Crippen molar-refractivity contribution in [3.63, 3.8) is 0 Å². The van der Waals surface area contributed by atoms with Crippen LogP contribution in [0.3, 0.4) is 0 Å². The number of benzene rings is 1. The van der Waals surface area contributed by atoms with Crippen LogP contribution in [0, 0.1) is 10.1 Å². The number of sulfonamides is 1. The van der Waals surface area contributed by atoms with E-state index in [9.17, 15) is 18.5 Å². The quantitative estimate of drug-likeness (QED) is 0.455. The smallest absolute Gasteiger partial charge is 0.270 e. The topological polar surface area (TPSA) is 108 Å². The third kappa shape index (κ3) is 4.86. The normalized spacial score (nSPS) is 19.8. The summed E-state index contributed by atoms with van der Waals surface area (Å²) in [6.45, 7) is 1.96. The lowest BCUT2D eigenvalue weighted by atomic mass is 10.2. The number of nitro benzene ring substituents is 1. The van der Waals surface area contributed by atoms with Crippen LogP contribution in [-0.4, -0.2) is 61.5 Å². The summed E-state index contributed by atoms with van der Waals surface area (Å²) in [5.41, 5.74) is 3.92. The maximum Gasteiger partial charge on any atom is 0.270 e. The van der Waals surface area contributed by atoms with E-state index in [1.54, 1.807) is 0 Å². The van der Waals surface area contributed by atoms with E-state index in [1.165, 1.54) is 29.3 Å². The Morgan fingerprint density at radius 1 is 1.07 bits per heavy atom. The first kappa shape index (κ1) is 20.7. The molecule has 1 N–H and O–H groups in total. The second-order valence-corrected chi connectivity index (χ2v) is 9.26. The Morgan fingerprint density at radius 3 is 2.32 bits per heavy atom. The molecule has 1 aliphatic carbocycles. The van der Waals surface area contributed by atoms with E-state index in [2.05, 4.69) is 15.4 Å². The van der Waals surface area contributed by atoms with Crippen LogP contribution in [0.25, 0.3) is 0 Å². The van der Waals surface area contributed by atoms with Crippen molar-refractivity contribution in [1.82, 2.24) is 9.21 Å². The summed E-state index contributed by atoms with van der Waals surface area (Å²) in [6.07, 6.45) is 6.29. The molecule has 1 saturated heterocycles. The summed E-state index contributed by atoms with van der Waals surface area (Å²) in [7, 11) is -1.92. The average Bonchev–Trinajstić information content (AvgIpc) is 2.95. The van der Waals surface area contributed by atoms with Crippen LogP contribution >= 0.6 is 0 Å². The zero-order chi connectivity index (χ0) is 20.1. The molecule has 2 aliphatic rings. The van der Waals surface area contributed by atoms with Crippen LogP contribution in [0.5, 0.6) is 0 Å². The Bertz CT molecular complexity index is 838. The molecule has 3 rings (SSSR count). The maximum absolute atomic E-state index is 13.2. The minimum atomic E-state index is -3.86. The van der Waals surface area contributed by atoms with Gasteiger partial charge in [0.25, 0.3) is 5.69 Å². The lowest BCUT2D eigenvalue weighted by Crippen LogP contribution is -2.47. The predicted octanol–water partition coefficient (Wildman–Crippen LogP) is 2.65. The zero-order valence-corrected chi connectivity index (χ0v) is 16.9. The molecule has 154 valence electrons. The van der Waals surface area contributed by atoms with E-state index in [0.29, 0.717) is 26.2 Å². The molecule has 10 heteroatoms. The molecule has 2 fully saturated rings. The van der Waals surface area contributed by atoms with Crippen molar-refractivity contribution >= 4 is 27.1 Å². The molecule has 1 aromatic carbocycles. The van der Waals surface area contributed by atoms with Gasteiger partial charge in [0.2, 0.25) is 10.0 Å². The third-order valence-corrected chi connectivity index (χ3v) is 7.21. The Balaban J connectivity index is 1.91. The van der Waals surface area contributed by atoms with E-state index in [1.807, 2.05) is 7.05 Å². The second-order valence-electron chi connectivity index (χ2n) is 7.35. The molecule has 0 radical (unpaired) electrons. The van der Waals surface area contributed by atoms with Gasteiger partial charge in [0.15, 0.2) is 0 Å². The highest BCUT2D eigenvalue weighted by molar-refractivity contribution is 7.89. The van der Waals surface area contributed by atoms with Crippen LogP contribution in [0.4, 0.5) is 11.4 Å². The van der Waals surface area contributed by atoms with Gasteiger partial charge in [-0.1, -0.05) is 12.8 Å². The summed E-state index contributed by atoms with van der Waals surface area (Å²) in [6, 6.07) is 3.86. The molecule has 0 spiro atoms. The maximum atomic E-state index is 13.2. The molecule has 9 nitrogen and oxygen atoms in total. The standard InChI is InChI=1S/C18H27N5O4S/c1-21-10-12-22(13-11-21)28(26,27)18-14-16(23(24)25)8-9-17(18)20-19-15-6-4-2-3-5-7-15/h8-9,14,20H,2-7,10-13H2,1H3. The Kier molecular flexibility index (Phi) is 6.63. The lowest BCUT2D eigenvalue weighted by molar-refractivity contribution is -0.385. The number of hydrogen-bond acceptors (Lipinski definition) is 7. The van der Waals surface area contributed by atoms with Gasteiger partial charge in [-0.05, 0) is 38.8 Å². The number of nitrogens with zero attached hydrogens (tertiary/aromatic N) is 4. The summed E-state index contributed by atoms with van der Waals surface area (Å²) in [4.78, 5) is 12.6. The van der Waals surface area contributed by atoms with Crippen molar-refractivity contribution in [3.05, 3.63) is 28.3 Å². The molecular weight excluding hydrogens is 382 g/mol. The van der Waals surface area contributed by atoms with E-state index >= 15 is 0 Å². The van der Waals surface area contributed by atoms with Crippen molar-refractivity contribution in [2.75, 3.05) is 38.7 Å². The number of hydrazone groups is 1. The highest BCUT2D eigenvalue weighted by Gasteiger charge is 2.31. The molecule has 1 saturated carbocycles. The summed E-state index contributed by atoms with van der Waals surface area (Å²) < 4.78 is 27.8. The fraction of sp³-hybridized carbons (Fsp3) is 0.611.